The van der Waals surface area contributed by atoms with Crippen LogP contribution < -0.4 is 0 Å². The zero-order valence-electron chi connectivity index (χ0n) is 29.3. The second-order valence-corrected chi connectivity index (χ2v) is 15.2. The van der Waals surface area contributed by atoms with Crippen LogP contribution in [0.2, 0.25) is 0 Å². The number of fused-ring (bicyclic) bond motifs is 10. The SMILES string of the molecule is c1ccc2cc(-c3ccc4oc5cccc(-c6nc(-c7ccc(-c8ccc9oc%10ccccc%10c9c8)cc7)c7sc8ccccc8c7n6)c5c4c3)ccc2c1. The molecule has 55 heavy (non-hydrogen) atoms. The van der Waals surface area contributed by atoms with E-state index in [4.69, 9.17) is 18.8 Å². The number of rotatable bonds is 4. The average Bonchev–Trinajstić information content (AvgIpc) is 3.94. The van der Waals surface area contributed by atoms with Crippen LogP contribution >= 0.6 is 11.3 Å². The van der Waals surface area contributed by atoms with Gasteiger partial charge in [0.2, 0.25) is 0 Å². The van der Waals surface area contributed by atoms with E-state index in [1.165, 1.54) is 21.0 Å². The van der Waals surface area contributed by atoms with Crippen molar-refractivity contribution in [3.8, 4) is 44.9 Å². The van der Waals surface area contributed by atoms with Crippen LogP contribution in [0, 0.1) is 0 Å². The first-order valence-corrected chi connectivity index (χ1v) is 19.2. The van der Waals surface area contributed by atoms with E-state index in [1.54, 1.807) is 11.3 Å². The minimum Gasteiger partial charge on any atom is -0.456 e. The highest BCUT2D eigenvalue weighted by atomic mass is 32.1. The van der Waals surface area contributed by atoms with Crippen LogP contribution in [0.5, 0.6) is 0 Å². The molecule has 5 heteroatoms. The fourth-order valence-electron chi connectivity index (χ4n) is 8.19. The Morgan fingerprint density at radius 3 is 1.91 bits per heavy atom. The van der Waals surface area contributed by atoms with Crippen molar-refractivity contribution in [2.45, 2.75) is 0 Å². The summed E-state index contributed by atoms with van der Waals surface area (Å²) in [6.45, 7) is 0. The third kappa shape index (κ3) is 4.77. The zero-order valence-corrected chi connectivity index (χ0v) is 30.1. The zero-order chi connectivity index (χ0) is 36.0. The van der Waals surface area contributed by atoms with Gasteiger partial charge < -0.3 is 8.83 Å². The van der Waals surface area contributed by atoms with Crippen molar-refractivity contribution in [3.05, 3.63) is 170 Å². The molecular formula is C50H28N2O2S. The lowest BCUT2D eigenvalue weighted by Gasteiger charge is -2.09. The van der Waals surface area contributed by atoms with Crippen LogP contribution in [-0.2, 0) is 0 Å². The predicted molar refractivity (Wildman–Crippen MR) is 229 cm³/mol. The van der Waals surface area contributed by atoms with Crippen molar-refractivity contribution in [3.63, 3.8) is 0 Å². The minimum absolute atomic E-state index is 0.678. The second kappa shape index (κ2) is 11.7. The molecule has 0 saturated carbocycles. The van der Waals surface area contributed by atoms with Crippen LogP contribution in [0.3, 0.4) is 0 Å². The van der Waals surface area contributed by atoms with E-state index < -0.39 is 0 Å². The van der Waals surface area contributed by atoms with Gasteiger partial charge in [-0.05, 0) is 81.6 Å². The number of thiophene rings is 1. The first-order valence-electron chi connectivity index (χ1n) is 18.4. The monoisotopic (exact) mass is 720 g/mol. The summed E-state index contributed by atoms with van der Waals surface area (Å²) in [7, 11) is 0. The number of nitrogens with zero attached hydrogens (tertiary/aromatic N) is 2. The molecule has 0 aliphatic carbocycles. The molecule has 0 aliphatic rings. The van der Waals surface area contributed by atoms with Gasteiger partial charge in [-0.3, -0.25) is 0 Å². The molecule has 0 fully saturated rings. The van der Waals surface area contributed by atoms with Crippen LogP contribution in [0.25, 0.3) is 120 Å². The highest BCUT2D eigenvalue weighted by Crippen LogP contribution is 2.43. The van der Waals surface area contributed by atoms with Gasteiger partial charge in [0.25, 0.3) is 0 Å². The van der Waals surface area contributed by atoms with Crippen molar-refractivity contribution in [2.75, 3.05) is 0 Å². The summed E-state index contributed by atoms with van der Waals surface area (Å²) in [5.74, 6) is 0.678. The first kappa shape index (κ1) is 30.4. The summed E-state index contributed by atoms with van der Waals surface area (Å²) in [5.41, 5.74) is 11.9. The topological polar surface area (TPSA) is 52.1 Å². The molecule has 8 aromatic carbocycles. The summed E-state index contributed by atoms with van der Waals surface area (Å²) in [6.07, 6.45) is 0. The van der Waals surface area contributed by atoms with Crippen LogP contribution in [0.15, 0.2) is 179 Å². The lowest BCUT2D eigenvalue weighted by atomic mass is 9.98. The van der Waals surface area contributed by atoms with Crippen LogP contribution in [0.4, 0.5) is 0 Å². The van der Waals surface area contributed by atoms with Gasteiger partial charge in [0.05, 0.1) is 15.9 Å². The summed E-state index contributed by atoms with van der Waals surface area (Å²) in [6, 6.07) is 59.7. The first-order chi connectivity index (χ1) is 27.2. The Kier molecular flexibility index (Phi) is 6.47. The molecule has 12 aromatic rings. The molecule has 0 N–H and O–H groups in total. The summed E-state index contributed by atoms with van der Waals surface area (Å²) in [5, 5.41) is 7.89. The Hall–Kier alpha value is -7.08. The molecule has 0 bridgehead atoms. The molecule has 4 nitrogen and oxygen atoms in total. The van der Waals surface area contributed by atoms with E-state index in [1.807, 2.05) is 24.3 Å². The molecule has 0 radical (unpaired) electrons. The van der Waals surface area contributed by atoms with Crippen molar-refractivity contribution in [2.24, 2.45) is 0 Å². The van der Waals surface area contributed by atoms with Crippen LogP contribution in [-0.4, -0.2) is 9.97 Å². The average molecular weight is 721 g/mol. The molecule has 0 aliphatic heterocycles. The molecule has 4 aromatic heterocycles. The molecule has 12 rings (SSSR count). The maximum Gasteiger partial charge on any atom is 0.161 e. The number of para-hydroxylation sites is 1. The van der Waals surface area contributed by atoms with Gasteiger partial charge in [0.15, 0.2) is 5.82 Å². The van der Waals surface area contributed by atoms with Gasteiger partial charge in [-0.25, -0.2) is 9.97 Å². The summed E-state index contributed by atoms with van der Waals surface area (Å²) >= 11 is 1.75. The third-order valence-electron chi connectivity index (χ3n) is 10.9. The molecule has 0 saturated heterocycles. The molecular weight excluding hydrogens is 693 g/mol. The van der Waals surface area contributed by atoms with Crippen molar-refractivity contribution in [1.29, 1.82) is 0 Å². The minimum atomic E-state index is 0.678. The molecule has 0 spiro atoms. The number of benzene rings is 8. The third-order valence-corrected chi connectivity index (χ3v) is 12.1. The molecule has 0 amide bonds. The molecule has 256 valence electrons. The lowest BCUT2D eigenvalue weighted by Crippen LogP contribution is -1.94. The lowest BCUT2D eigenvalue weighted by molar-refractivity contribution is 0.668. The number of hydrogen-bond acceptors (Lipinski definition) is 5. The highest BCUT2D eigenvalue weighted by Gasteiger charge is 2.20. The fraction of sp³-hybridized carbons (Fsp3) is 0. The van der Waals surface area contributed by atoms with Gasteiger partial charge in [-0.2, -0.15) is 0 Å². The Morgan fingerprint density at radius 1 is 0.400 bits per heavy atom. The Balaban J connectivity index is 1.02. The highest BCUT2D eigenvalue weighted by molar-refractivity contribution is 7.26. The Labute approximate surface area is 318 Å². The van der Waals surface area contributed by atoms with E-state index >= 15 is 0 Å². The number of furan rings is 2. The largest absolute Gasteiger partial charge is 0.456 e. The summed E-state index contributed by atoms with van der Waals surface area (Å²) in [4.78, 5) is 10.7. The molecule has 0 atom stereocenters. The van der Waals surface area contributed by atoms with E-state index in [2.05, 4.69) is 146 Å². The van der Waals surface area contributed by atoms with E-state index in [9.17, 15) is 0 Å². The maximum atomic E-state index is 6.47. The molecule has 4 heterocycles. The van der Waals surface area contributed by atoms with Crippen molar-refractivity contribution in [1.82, 2.24) is 9.97 Å². The number of hydrogen-bond donors (Lipinski definition) is 0. The fourth-order valence-corrected chi connectivity index (χ4v) is 9.35. The maximum absolute atomic E-state index is 6.47. The standard InChI is InChI=1S/C50H28N2O2S/c1-2-9-32-26-33(21-18-29(32)8-1)35-23-25-43-40(28-35)46-38(12-7-14-44(46)54-43)50-51-47(49-48(52-50)37-11-4-6-15-45(37)55-49)31-19-16-30(17-20-31)34-22-24-42-39(27-34)36-10-3-5-13-41(36)53-42/h1-28H. The Bertz CT molecular complexity index is 3500. The quantitative estimate of drug-likeness (QED) is 0.182. The van der Waals surface area contributed by atoms with Gasteiger partial charge in [0.1, 0.15) is 22.3 Å². The van der Waals surface area contributed by atoms with Crippen molar-refractivity contribution >= 4 is 86.3 Å². The van der Waals surface area contributed by atoms with E-state index in [-0.39, 0.29) is 0 Å². The van der Waals surface area contributed by atoms with Gasteiger partial charge in [-0.1, -0.05) is 121 Å². The second-order valence-electron chi connectivity index (χ2n) is 14.1. The normalized spacial score (nSPS) is 12.0. The number of aromatic nitrogens is 2. The van der Waals surface area contributed by atoms with Gasteiger partial charge in [0, 0.05) is 42.8 Å². The smallest absolute Gasteiger partial charge is 0.161 e. The van der Waals surface area contributed by atoms with E-state index in [0.29, 0.717) is 5.82 Å². The predicted octanol–water partition coefficient (Wildman–Crippen LogP) is 14.5. The van der Waals surface area contributed by atoms with Crippen molar-refractivity contribution < 1.29 is 8.83 Å². The van der Waals surface area contributed by atoms with E-state index in [0.717, 1.165) is 93.0 Å². The van der Waals surface area contributed by atoms with Gasteiger partial charge >= 0.3 is 0 Å². The van der Waals surface area contributed by atoms with Gasteiger partial charge in [-0.15, -0.1) is 11.3 Å². The van der Waals surface area contributed by atoms with Crippen LogP contribution in [0.1, 0.15) is 0 Å². The Morgan fingerprint density at radius 2 is 1.02 bits per heavy atom. The molecule has 0 unspecified atom stereocenters. The summed E-state index contributed by atoms with van der Waals surface area (Å²) < 4.78 is 14.8.